The first-order valence-electron chi connectivity index (χ1n) is 32.2. The van der Waals surface area contributed by atoms with Crippen molar-refractivity contribution in [1.82, 2.24) is 19.1 Å². The van der Waals surface area contributed by atoms with Crippen LogP contribution in [0.2, 0.25) is 0 Å². The molecule has 0 spiro atoms. The Hall–Kier alpha value is -3.54. The van der Waals surface area contributed by atoms with E-state index >= 15 is 0 Å². The summed E-state index contributed by atoms with van der Waals surface area (Å²) in [7, 11) is 0. The first-order valence-corrected chi connectivity index (χ1v) is 32.2. The van der Waals surface area contributed by atoms with Gasteiger partial charge in [0.1, 0.15) is 36.1 Å². The fraction of sp³-hybridized carbons (Fsp3) is 0.841. The van der Waals surface area contributed by atoms with Gasteiger partial charge in [-0.15, -0.1) is 0 Å². The number of hydrogen-bond acceptors (Lipinski definition) is 12. The third-order valence-corrected chi connectivity index (χ3v) is 16.0. The van der Waals surface area contributed by atoms with Crippen LogP contribution in [-0.2, 0) is 19.1 Å². The van der Waals surface area contributed by atoms with Gasteiger partial charge in [-0.1, -0.05) is 252 Å². The number of nitrogens with zero attached hydrogens (tertiary/aromatic N) is 4. The fourth-order valence-electron chi connectivity index (χ4n) is 10.8. The van der Waals surface area contributed by atoms with Crippen molar-refractivity contribution in [2.75, 3.05) is 10.6 Å². The van der Waals surface area contributed by atoms with Gasteiger partial charge < -0.3 is 40.5 Å². The van der Waals surface area contributed by atoms with E-state index in [0.717, 1.165) is 47.7 Å². The molecule has 0 unspecified atom stereocenters. The number of ether oxygens (including phenoxy) is 2. The molecule has 2 amide bonds. The molecule has 0 saturated carbocycles. The topological polar surface area (TPSA) is 227 Å². The Balaban J connectivity index is 0.000000415. The monoisotopic (exact) mass is 1110 g/mol. The molecule has 6 N–H and O–H groups in total. The van der Waals surface area contributed by atoms with Crippen molar-refractivity contribution in [3.05, 3.63) is 45.5 Å². The van der Waals surface area contributed by atoms with Crippen molar-refractivity contribution < 1.29 is 39.5 Å². The number of hydrogen-bond donors (Lipinski definition) is 6. The van der Waals surface area contributed by atoms with Crippen LogP contribution in [-0.4, -0.2) is 88.0 Å². The molecule has 2 aromatic rings. The van der Waals surface area contributed by atoms with E-state index < -0.39 is 60.5 Å². The molecule has 4 heterocycles. The molecular weight excluding hydrogens is 1000 g/mol. The summed E-state index contributed by atoms with van der Waals surface area (Å²) < 4.78 is 13.3. The molecule has 0 radical (unpaired) electrons. The van der Waals surface area contributed by atoms with Crippen LogP contribution in [0.25, 0.3) is 0 Å². The lowest BCUT2D eigenvalue weighted by molar-refractivity contribution is -0.117. The largest absolute Gasteiger partial charge is 0.388 e. The minimum atomic E-state index is -1.21. The van der Waals surface area contributed by atoms with Crippen LogP contribution in [0.4, 0.5) is 11.6 Å². The SMILES string of the molecule is CCCCCCCCCCCCCCCCCCCCCC(=O)Nc1ccn([C@@H]2O[C@H](C)[C@@H](O)[C@@H]2O)c(=O)n1.CCCCCCCCCCCCCCCCCCCCCC(=O)Nc1ccn([C@@H]2O[C@H](CC)[C@@H](O)[C@@H]2O)c(=O)n1. The molecule has 2 aliphatic rings. The van der Waals surface area contributed by atoms with Crippen molar-refractivity contribution >= 4 is 23.5 Å². The fourth-order valence-corrected chi connectivity index (χ4v) is 10.8. The predicted molar refractivity (Wildman–Crippen MR) is 318 cm³/mol. The smallest absolute Gasteiger partial charge is 0.351 e. The Morgan fingerprint density at radius 2 is 0.709 bits per heavy atom. The van der Waals surface area contributed by atoms with E-state index in [9.17, 15) is 39.6 Å². The van der Waals surface area contributed by atoms with E-state index in [1.165, 1.54) is 230 Å². The van der Waals surface area contributed by atoms with Crippen molar-refractivity contribution in [1.29, 1.82) is 0 Å². The Labute approximate surface area is 476 Å². The molecule has 79 heavy (non-hydrogen) atoms. The highest BCUT2D eigenvalue weighted by atomic mass is 16.6. The lowest BCUT2D eigenvalue weighted by Crippen LogP contribution is -2.35. The zero-order valence-electron chi connectivity index (χ0n) is 49.9. The molecule has 2 fully saturated rings. The molecular formula is C63H112N6O10. The maximum absolute atomic E-state index is 12.4. The summed E-state index contributed by atoms with van der Waals surface area (Å²) in [6, 6.07) is 3.01. The zero-order chi connectivity index (χ0) is 57.3. The van der Waals surface area contributed by atoms with E-state index in [-0.39, 0.29) is 23.5 Å². The van der Waals surface area contributed by atoms with Crippen LogP contribution in [0.1, 0.15) is 303 Å². The molecule has 454 valence electrons. The highest BCUT2D eigenvalue weighted by molar-refractivity contribution is 5.90. The van der Waals surface area contributed by atoms with Gasteiger partial charge in [-0.05, 0) is 38.3 Å². The van der Waals surface area contributed by atoms with Crippen LogP contribution >= 0.6 is 0 Å². The van der Waals surface area contributed by atoms with Crippen LogP contribution in [0.3, 0.4) is 0 Å². The van der Waals surface area contributed by atoms with Crippen molar-refractivity contribution in [3.8, 4) is 0 Å². The molecule has 0 aliphatic carbocycles. The summed E-state index contributed by atoms with van der Waals surface area (Å²) >= 11 is 0. The van der Waals surface area contributed by atoms with Crippen LogP contribution in [0, 0.1) is 0 Å². The van der Waals surface area contributed by atoms with E-state index in [1.807, 2.05) is 6.92 Å². The normalized spacial score (nSPS) is 20.8. The van der Waals surface area contributed by atoms with E-state index in [2.05, 4.69) is 34.4 Å². The number of carbonyl (C=O) groups is 2. The quantitative estimate of drug-likeness (QED) is 0.0341. The molecule has 8 atom stereocenters. The molecule has 2 aromatic heterocycles. The van der Waals surface area contributed by atoms with Crippen molar-refractivity contribution in [2.24, 2.45) is 0 Å². The van der Waals surface area contributed by atoms with Gasteiger partial charge in [-0.3, -0.25) is 18.7 Å². The number of unbranched alkanes of at least 4 members (excludes halogenated alkanes) is 36. The van der Waals surface area contributed by atoms with Crippen LogP contribution < -0.4 is 22.0 Å². The standard InChI is InChI=1S/C32H57N3O5.C31H55N3O5/c1-3-5-6-7-8-9-10-11-12-13-14-15-16-17-18-19-20-21-22-23-28(36)33-27-24-25-35(32(39)34-27)31-30(38)29(37)26(4-2)40-31;1-3-4-5-6-7-8-9-10-11-12-13-14-15-16-17-18-19-20-21-22-27(35)32-26-23-24-34(31(38)33-26)30-29(37)28(36)25(2)39-30/h24-26,29-31,37-38H,3-23H2,1-2H3,(H,33,34,36,39);23-25,28-30,36-37H,3-22H2,1-2H3,(H,32,33,35,38)/t26-,29-,30+,31-;25-,28-,29+,30-/m11/s1. The summed E-state index contributed by atoms with van der Waals surface area (Å²) in [5.74, 6) is 0.0485. The number of carbonyl (C=O) groups excluding carboxylic acids is 2. The maximum Gasteiger partial charge on any atom is 0.351 e. The summed E-state index contributed by atoms with van der Waals surface area (Å²) in [5.41, 5.74) is -1.30. The molecule has 16 nitrogen and oxygen atoms in total. The molecule has 16 heteroatoms. The summed E-state index contributed by atoms with van der Waals surface area (Å²) in [6.07, 6.45) is 46.5. The Morgan fingerprint density at radius 3 is 0.962 bits per heavy atom. The molecule has 4 rings (SSSR count). The lowest BCUT2D eigenvalue weighted by Gasteiger charge is -2.17. The summed E-state index contributed by atoms with van der Waals surface area (Å²) in [4.78, 5) is 57.0. The average Bonchev–Trinajstić information content (AvgIpc) is 3.87. The molecule has 2 aliphatic heterocycles. The maximum atomic E-state index is 12.4. The highest BCUT2D eigenvalue weighted by Gasteiger charge is 2.43. The number of aliphatic hydroxyl groups excluding tert-OH is 4. The van der Waals surface area contributed by atoms with Gasteiger partial charge in [-0.25, -0.2) is 9.59 Å². The number of amides is 2. The first kappa shape index (κ1) is 69.7. The molecule has 2 saturated heterocycles. The van der Waals surface area contributed by atoms with Crippen LogP contribution in [0.15, 0.2) is 34.1 Å². The number of aliphatic hydroxyl groups is 4. The molecule has 0 bridgehead atoms. The number of anilines is 2. The predicted octanol–water partition coefficient (Wildman–Crippen LogP) is 13.7. The third-order valence-electron chi connectivity index (χ3n) is 16.0. The molecule has 0 aromatic carbocycles. The van der Waals surface area contributed by atoms with E-state index in [1.54, 1.807) is 6.92 Å². The van der Waals surface area contributed by atoms with Crippen LogP contribution in [0.5, 0.6) is 0 Å². The highest BCUT2D eigenvalue weighted by Crippen LogP contribution is 2.31. The second-order valence-corrected chi connectivity index (χ2v) is 23.0. The Kier molecular flexibility index (Phi) is 38.9. The van der Waals surface area contributed by atoms with Gasteiger partial charge in [-0.2, -0.15) is 9.97 Å². The first-order chi connectivity index (χ1) is 38.4. The third kappa shape index (κ3) is 29.8. The van der Waals surface area contributed by atoms with Gasteiger partial charge in [0.05, 0.1) is 12.2 Å². The van der Waals surface area contributed by atoms with Crippen molar-refractivity contribution in [3.63, 3.8) is 0 Å². The second kappa shape index (κ2) is 44.1. The van der Waals surface area contributed by atoms with E-state index in [0.29, 0.717) is 19.3 Å². The number of aromatic nitrogens is 4. The zero-order valence-corrected chi connectivity index (χ0v) is 49.9. The summed E-state index contributed by atoms with van der Waals surface area (Å²) in [5, 5.41) is 45.5. The van der Waals surface area contributed by atoms with Gasteiger partial charge >= 0.3 is 11.4 Å². The average molecular weight is 1110 g/mol. The van der Waals surface area contributed by atoms with Gasteiger partial charge in [0, 0.05) is 25.2 Å². The van der Waals surface area contributed by atoms with Gasteiger partial charge in [0.2, 0.25) is 11.8 Å². The van der Waals surface area contributed by atoms with Gasteiger partial charge in [0.25, 0.3) is 0 Å². The van der Waals surface area contributed by atoms with Gasteiger partial charge in [0.15, 0.2) is 12.5 Å². The summed E-state index contributed by atoms with van der Waals surface area (Å²) in [6.45, 7) is 8.01. The minimum absolute atomic E-state index is 0.157. The van der Waals surface area contributed by atoms with Crippen molar-refractivity contribution in [2.45, 2.75) is 340 Å². The Bertz CT molecular complexity index is 1980. The second-order valence-electron chi connectivity index (χ2n) is 23.0. The lowest BCUT2D eigenvalue weighted by atomic mass is 10.0. The Morgan fingerprint density at radius 1 is 0.430 bits per heavy atom. The number of nitrogens with one attached hydrogen (secondary N) is 2. The van der Waals surface area contributed by atoms with E-state index in [4.69, 9.17) is 9.47 Å². The minimum Gasteiger partial charge on any atom is -0.388 e. The number of rotatable bonds is 45.